The van der Waals surface area contributed by atoms with Gasteiger partial charge >= 0.3 is 0 Å². The summed E-state index contributed by atoms with van der Waals surface area (Å²) in [6, 6.07) is -0.529. The van der Waals surface area contributed by atoms with Crippen LogP contribution in [-0.2, 0) is 9.53 Å². The third-order valence-electron chi connectivity index (χ3n) is 3.49. The predicted octanol–water partition coefficient (Wildman–Crippen LogP) is 2.94. The number of ketones is 1. The van der Waals surface area contributed by atoms with Crippen molar-refractivity contribution in [1.29, 1.82) is 0 Å². The van der Waals surface area contributed by atoms with Crippen molar-refractivity contribution in [2.75, 3.05) is 13.7 Å². The molecule has 106 valence electrons. The van der Waals surface area contributed by atoms with Crippen molar-refractivity contribution in [2.45, 2.75) is 52.5 Å². The Kier molecular flexibility index (Phi) is 9.89. The fourth-order valence-corrected chi connectivity index (χ4v) is 2.24. The number of carbonyl (C=O) groups excluding carboxylic acids is 1. The zero-order valence-electron chi connectivity index (χ0n) is 12.3. The molecule has 0 saturated heterocycles. The second-order valence-electron chi connectivity index (χ2n) is 5.04. The SMILES string of the molecule is CCCC(CC)C(C)C/C=C/C(=O)[C@@H](N)COC. The molecule has 0 spiro atoms. The van der Waals surface area contributed by atoms with Crippen LogP contribution in [0.5, 0.6) is 0 Å². The van der Waals surface area contributed by atoms with Crippen molar-refractivity contribution < 1.29 is 9.53 Å². The number of allylic oxidation sites excluding steroid dienone is 1. The van der Waals surface area contributed by atoms with Crippen molar-refractivity contribution in [3.05, 3.63) is 12.2 Å². The zero-order valence-corrected chi connectivity index (χ0v) is 12.3. The molecule has 0 aliphatic rings. The van der Waals surface area contributed by atoms with Gasteiger partial charge in [0.25, 0.3) is 0 Å². The third-order valence-corrected chi connectivity index (χ3v) is 3.49. The maximum Gasteiger partial charge on any atom is 0.174 e. The largest absolute Gasteiger partial charge is 0.383 e. The first kappa shape index (κ1) is 17.3. The zero-order chi connectivity index (χ0) is 14.0. The first-order valence-electron chi connectivity index (χ1n) is 7.01. The molecule has 0 aliphatic heterocycles. The Labute approximate surface area is 112 Å². The Morgan fingerprint density at radius 3 is 2.56 bits per heavy atom. The van der Waals surface area contributed by atoms with Gasteiger partial charge in [-0.2, -0.15) is 0 Å². The minimum absolute atomic E-state index is 0.0485. The molecule has 0 aliphatic carbocycles. The van der Waals surface area contributed by atoms with Gasteiger partial charge in [-0.3, -0.25) is 4.79 Å². The summed E-state index contributed by atoms with van der Waals surface area (Å²) >= 11 is 0. The Balaban J connectivity index is 4.09. The molecule has 0 rings (SSSR count). The summed E-state index contributed by atoms with van der Waals surface area (Å²) in [5.41, 5.74) is 5.65. The molecule has 0 aromatic rings. The molecule has 0 amide bonds. The molecule has 0 saturated carbocycles. The summed E-state index contributed by atoms with van der Waals surface area (Å²) in [7, 11) is 1.55. The van der Waals surface area contributed by atoms with Gasteiger partial charge < -0.3 is 10.5 Å². The molecule has 2 unspecified atom stereocenters. The Morgan fingerprint density at radius 2 is 2.06 bits per heavy atom. The smallest absolute Gasteiger partial charge is 0.174 e. The molecule has 0 aromatic carbocycles. The standard InChI is InChI=1S/C15H29NO2/c1-5-8-13(6-2)12(3)9-7-10-15(17)14(16)11-18-4/h7,10,12-14H,5-6,8-9,11,16H2,1-4H3/b10-7+/t12?,13?,14-/m0/s1. The number of rotatable bonds is 10. The van der Waals surface area contributed by atoms with Gasteiger partial charge in [-0.1, -0.05) is 46.1 Å². The molecule has 18 heavy (non-hydrogen) atoms. The van der Waals surface area contributed by atoms with Gasteiger partial charge in [0.2, 0.25) is 0 Å². The Hall–Kier alpha value is -0.670. The molecule has 3 atom stereocenters. The summed E-state index contributed by atoms with van der Waals surface area (Å²) in [4.78, 5) is 11.6. The lowest BCUT2D eigenvalue weighted by Crippen LogP contribution is -2.33. The summed E-state index contributed by atoms with van der Waals surface area (Å²) in [6.07, 6.45) is 8.22. The second kappa shape index (κ2) is 10.3. The summed E-state index contributed by atoms with van der Waals surface area (Å²) < 4.78 is 4.86. The van der Waals surface area contributed by atoms with Gasteiger partial charge in [0.05, 0.1) is 12.6 Å². The first-order chi connectivity index (χ1) is 8.56. The minimum Gasteiger partial charge on any atom is -0.383 e. The normalized spacial score (nSPS) is 16.7. The molecule has 2 N–H and O–H groups in total. The van der Waals surface area contributed by atoms with Crippen LogP contribution in [0.1, 0.15) is 46.5 Å². The van der Waals surface area contributed by atoms with E-state index in [2.05, 4.69) is 20.8 Å². The molecule has 0 aromatic heterocycles. The van der Waals surface area contributed by atoms with Gasteiger partial charge in [-0.05, 0) is 24.3 Å². The number of nitrogens with two attached hydrogens (primary N) is 1. The van der Waals surface area contributed by atoms with E-state index in [1.807, 2.05) is 6.08 Å². The Bertz CT molecular complexity index is 251. The second-order valence-corrected chi connectivity index (χ2v) is 5.04. The van der Waals surface area contributed by atoms with Crippen molar-refractivity contribution in [1.82, 2.24) is 0 Å². The highest BCUT2D eigenvalue weighted by atomic mass is 16.5. The van der Waals surface area contributed by atoms with Gasteiger partial charge in [0.1, 0.15) is 0 Å². The van der Waals surface area contributed by atoms with E-state index in [1.54, 1.807) is 13.2 Å². The van der Waals surface area contributed by atoms with E-state index < -0.39 is 6.04 Å². The van der Waals surface area contributed by atoms with Crippen molar-refractivity contribution in [2.24, 2.45) is 17.6 Å². The van der Waals surface area contributed by atoms with Crippen LogP contribution in [0.4, 0.5) is 0 Å². The third kappa shape index (κ3) is 6.92. The fraction of sp³-hybridized carbons (Fsp3) is 0.800. The molecule has 3 nitrogen and oxygen atoms in total. The van der Waals surface area contributed by atoms with Crippen LogP contribution in [-0.4, -0.2) is 25.5 Å². The van der Waals surface area contributed by atoms with Gasteiger partial charge in [-0.25, -0.2) is 0 Å². The number of carbonyl (C=O) groups is 1. The maximum absolute atomic E-state index is 11.6. The highest BCUT2D eigenvalue weighted by Gasteiger charge is 2.14. The quantitative estimate of drug-likeness (QED) is 0.611. The van der Waals surface area contributed by atoms with Crippen LogP contribution in [0.25, 0.3) is 0 Å². The number of hydrogen-bond acceptors (Lipinski definition) is 3. The topological polar surface area (TPSA) is 52.3 Å². The predicted molar refractivity (Wildman–Crippen MR) is 76.5 cm³/mol. The van der Waals surface area contributed by atoms with Crippen LogP contribution < -0.4 is 5.73 Å². The van der Waals surface area contributed by atoms with Crippen LogP contribution in [0.2, 0.25) is 0 Å². The van der Waals surface area contributed by atoms with Gasteiger partial charge in [-0.15, -0.1) is 0 Å². The lowest BCUT2D eigenvalue weighted by atomic mass is 9.85. The van der Waals surface area contributed by atoms with Crippen molar-refractivity contribution >= 4 is 5.78 Å². The van der Waals surface area contributed by atoms with E-state index in [9.17, 15) is 4.79 Å². The summed E-state index contributed by atoms with van der Waals surface area (Å²) in [6.45, 7) is 7.00. The van der Waals surface area contributed by atoms with Crippen molar-refractivity contribution in [3.63, 3.8) is 0 Å². The van der Waals surface area contributed by atoms with E-state index >= 15 is 0 Å². The molecular weight excluding hydrogens is 226 g/mol. The van der Waals surface area contributed by atoms with E-state index in [1.165, 1.54) is 19.3 Å². The highest BCUT2D eigenvalue weighted by molar-refractivity contribution is 5.94. The lowest BCUT2D eigenvalue weighted by molar-refractivity contribution is -0.116. The van der Waals surface area contributed by atoms with Crippen LogP contribution in [0, 0.1) is 11.8 Å². The molecule has 0 radical (unpaired) electrons. The number of ether oxygens (including phenoxy) is 1. The fourth-order valence-electron chi connectivity index (χ4n) is 2.24. The molecule has 0 fully saturated rings. The molecule has 3 heteroatoms. The molecule has 0 bridgehead atoms. The summed E-state index contributed by atoms with van der Waals surface area (Å²) in [5, 5.41) is 0. The van der Waals surface area contributed by atoms with Crippen LogP contribution in [0.3, 0.4) is 0 Å². The van der Waals surface area contributed by atoms with Crippen LogP contribution in [0.15, 0.2) is 12.2 Å². The van der Waals surface area contributed by atoms with Gasteiger partial charge in [0.15, 0.2) is 5.78 Å². The van der Waals surface area contributed by atoms with E-state index in [-0.39, 0.29) is 12.4 Å². The average molecular weight is 255 g/mol. The summed E-state index contributed by atoms with van der Waals surface area (Å²) in [5.74, 6) is 1.33. The maximum atomic E-state index is 11.6. The van der Waals surface area contributed by atoms with E-state index in [0.29, 0.717) is 5.92 Å². The van der Waals surface area contributed by atoms with Gasteiger partial charge in [0, 0.05) is 7.11 Å². The Morgan fingerprint density at radius 1 is 1.39 bits per heavy atom. The van der Waals surface area contributed by atoms with E-state index in [4.69, 9.17) is 10.5 Å². The van der Waals surface area contributed by atoms with Crippen LogP contribution >= 0.6 is 0 Å². The monoisotopic (exact) mass is 255 g/mol. The molecule has 0 heterocycles. The minimum atomic E-state index is -0.529. The number of methoxy groups -OCH3 is 1. The first-order valence-corrected chi connectivity index (χ1v) is 7.01. The number of hydrogen-bond donors (Lipinski definition) is 1. The highest BCUT2D eigenvalue weighted by Crippen LogP contribution is 2.24. The lowest BCUT2D eigenvalue weighted by Gasteiger charge is -2.20. The molecular formula is C15H29NO2. The van der Waals surface area contributed by atoms with Crippen molar-refractivity contribution in [3.8, 4) is 0 Å². The average Bonchev–Trinajstić information content (AvgIpc) is 2.35. The van der Waals surface area contributed by atoms with E-state index in [0.717, 1.165) is 12.3 Å².